The third kappa shape index (κ3) is 5.70. The molecule has 5 nitrogen and oxygen atoms in total. The number of hydrogen-bond acceptors (Lipinski definition) is 3. The van der Waals surface area contributed by atoms with E-state index in [1.165, 1.54) is 4.31 Å². The summed E-state index contributed by atoms with van der Waals surface area (Å²) >= 11 is 0. The van der Waals surface area contributed by atoms with E-state index >= 15 is 0 Å². The number of hydrogen-bond donors (Lipinski definition) is 1. The summed E-state index contributed by atoms with van der Waals surface area (Å²) in [6.45, 7) is 2.79. The van der Waals surface area contributed by atoms with Gasteiger partial charge in [-0.1, -0.05) is 84.9 Å². The summed E-state index contributed by atoms with van der Waals surface area (Å²) in [7, 11) is -3.40. The molecule has 0 aromatic heterocycles. The Bertz CT molecular complexity index is 1170. The van der Waals surface area contributed by atoms with Crippen LogP contribution in [0.5, 0.6) is 0 Å². The zero-order valence-electron chi connectivity index (χ0n) is 18.9. The van der Waals surface area contributed by atoms with E-state index in [-0.39, 0.29) is 23.6 Å². The molecule has 0 unspecified atom stereocenters. The molecule has 0 bridgehead atoms. The summed E-state index contributed by atoms with van der Waals surface area (Å²) in [6, 6.07) is 27.0. The van der Waals surface area contributed by atoms with Gasteiger partial charge < -0.3 is 5.32 Å². The highest BCUT2D eigenvalue weighted by Crippen LogP contribution is 2.27. The Morgan fingerprint density at radius 1 is 0.909 bits per heavy atom. The predicted molar refractivity (Wildman–Crippen MR) is 131 cm³/mol. The summed E-state index contributed by atoms with van der Waals surface area (Å²) in [5.41, 5.74) is 4.00. The maximum atomic E-state index is 13.2. The Labute approximate surface area is 196 Å². The van der Waals surface area contributed by atoms with Crippen molar-refractivity contribution in [3.8, 4) is 0 Å². The van der Waals surface area contributed by atoms with Crippen LogP contribution in [0.2, 0.25) is 0 Å². The van der Waals surface area contributed by atoms with Crippen LogP contribution in [0.4, 0.5) is 0 Å². The summed E-state index contributed by atoms with van der Waals surface area (Å²) in [6.07, 6.45) is 1.05. The van der Waals surface area contributed by atoms with E-state index < -0.39 is 10.0 Å². The summed E-state index contributed by atoms with van der Waals surface area (Å²) in [5, 5.41) is 3.25. The van der Waals surface area contributed by atoms with E-state index in [1.807, 2.05) is 91.9 Å². The molecule has 1 aliphatic rings. The molecule has 33 heavy (non-hydrogen) atoms. The topological polar surface area (TPSA) is 66.5 Å². The Balaban J connectivity index is 1.43. The average Bonchev–Trinajstić information content (AvgIpc) is 2.84. The van der Waals surface area contributed by atoms with Gasteiger partial charge in [0.15, 0.2) is 0 Å². The smallest absolute Gasteiger partial charge is 0.223 e. The molecular weight excluding hydrogens is 432 g/mol. The van der Waals surface area contributed by atoms with Gasteiger partial charge in [-0.3, -0.25) is 4.79 Å². The van der Waals surface area contributed by atoms with E-state index in [9.17, 15) is 13.2 Å². The molecule has 0 aliphatic carbocycles. The fourth-order valence-electron chi connectivity index (χ4n) is 4.43. The molecule has 0 radical (unpaired) electrons. The van der Waals surface area contributed by atoms with Gasteiger partial charge in [0, 0.05) is 19.0 Å². The number of sulfonamides is 1. The summed E-state index contributed by atoms with van der Waals surface area (Å²) < 4.78 is 27.2. The lowest BCUT2D eigenvalue weighted by atomic mass is 9.92. The summed E-state index contributed by atoms with van der Waals surface area (Å²) in [4.78, 5) is 13.2. The minimum atomic E-state index is -3.40. The molecule has 4 rings (SSSR count). The van der Waals surface area contributed by atoms with Crippen molar-refractivity contribution in [2.75, 3.05) is 13.1 Å². The highest BCUT2D eigenvalue weighted by molar-refractivity contribution is 7.88. The van der Waals surface area contributed by atoms with E-state index in [4.69, 9.17) is 0 Å². The van der Waals surface area contributed by atoms with Gasteiger partial charge in [0.1, 0.15) is 0 Å². The third-order valence-corrected chi connectivity index (χ3v) is 8.18. The Morgan fingerprint density at radius 2 is 1.48 bits per heavy atom. The van der Waals surface area contributed by atoms with Crippen LogP contribution in [-0.2, 0) is 20.6 Å². The number of benzene rings is 3. The van der Waals surface area contributed by atoms with Crippen molar-refractivity contribution in [1.82, 2.24) is 9.62 Å². The van der Waals surface area contributed by atoms with Gasteiger partial charge in [0.2, 0.25) is 15.9 Å². The maximum Gasteiger partial charge on any atom is 0.223 e. The molecule has 1 amide bonds. The second-order valence-corrected chi connectivity index (χ2v) is 10.6. The van der Waals surface area contributed by atoms with Gasteiger partial charge in [0.25, 0.3) is 0 Å². The molecular formula is C27H30N2O3S. The normalized spacial score (nSPS) is 16.3. The quantitative estimate of drug-likeness (QED) is 0.564. The molecule has 1 saturated heterocycles. The first-order valence-corrected chi connectivity index (χ1v) is 13.0. The van der Waals surface area contributed by atoms with Crippen molar-refractivity contribution < 1.29 is 13.2 Å². The molecule has 1 atom stereocenters. The lowest BCUT2D eigenvalue weighted by Crippen LogP contribution is -2.44. The van der Waals surface area contributed by atoms with Crippen molar-refractivity contribution in [3.05, 3.63) is 107 Å². The number of amides is 1. The van der Waals surface area contributed by atoms with Gasteiger partial charge in [-0.15, -0.1) is 0 Å². The highest BCUT2D eigenvalue weighted by atomic mass is 32.2. The van der Waals surface area contributed by atoms with Crippen LogP contribution in [0, 0.1) is 12.8 Å². The SMILES string of the molecule is Cc1ccccc1[C@@H](NC(=O)C1CCN(S(=O)(=O)Cc2ccccc2)CC1)c1ccccc1. The summed E-state index contributed by atoms with van der Waals surface area (Å²) in [5.74, 6) is -0.232. The molecule has 3 aromatic carbocycles. The minimum Gasteiger partial charge on any atom is -0.345 e. The van der Waals surface area contributed by atoms with Crippen LogP contribution < -0.4 is 5.32 Å². The molecule has 1 fully saturated rings. The second-order valence-electron chi connectivity index (χ2n) is 8.62. The molecule has 6 heteroatoms. The number of nitrogens with zero attached hydrogens (tertiary/aromatic N) is 1. The third-order valence-electron chi connectivity index (χ3n) is 6.33. The molecule has 3 aromatic rings. The minimum absolute atomic E-state index is 0.00588. The number of carbonyl (C=O) groups excluding carboxylic acids is 1. The lowest BCUT2D eigenvalue weighted by Gasteiger charge is -2.32. The molecule has 0 spiro atoms. The number of piperidine rings is 1. The first kappa shape index (κ1) is 23.2. The predicted octanol–water partition coefficient (Wildman–Crippen LogP) is 4.44. The van der Waals surface area contributed by atoms with Crippen LogP contribution in [0.15, 0.2) is 84.9 Å². The van der Waals surface area contributed by atoms with Crippen molar-refractivity contribution in [1.29, 1.82) is 0 Å². The van der Waals surface area contributed by atoms with Crippen molar-refractivity contribution in [2.45, 2.75) is 31.6 Å². The lowest BCUT2D eigenvalue weighted by molar-refractivity contribution is -0.126. The molecule has 172 valence electrons. The van der Waals surface area contributed by atoms with Crippen LogP contribution in [0.3, 0.4) is 0 Å². The van der Waals surface area contributed by atoms with Gasteiger partial charge >= 0.3 is 0 Å². The van der Waals surface area contributed by atoms with E-state index in [1.54, 1.807) is 0 Å². The van der Waals surface area contributed by atoms with Crippen molar-refractivity contribution in [2.24, 2.45) is 5.92 Å². The fourth-order valence-corrected chi connectivity index (χ4v) is 5.99. The Hall–Kier alpha value is -2.96. The maximum absolute atomic E-state index is 13.2. The zero-order chi connectivity index (χ0) is 23.3. The Kier molecular flexibility index (Phi) is 7.26. The molecule has 1 N–H and O–H groups in total. The fraction of sp³-hybridized carbons (Fsp3) is 0.296. The van der Waals surface area contributed by atoms with Crippen molar-refractivity contribution in [3.63, 3.8) is 0 Å². The number of carbonyl (C=O) groups is 1. The largest absolute Gasteiger partial charge is 0.345 e. The van der Waals surface area contributed by atoms with Gasteiger partial charge in [-0.25, -0.2) is 12.7 Å². The number of nitrogens with one attached hydrogen (secondary N) is 1. The van der Waals surface area contributed by atoms with Crippen LogP contribution in [0.25, 0.3) is 0 Å². The van der Waals surface area contributed by atoms with E-state index in [2.05, 4.69) is 5.32 Å². The van der Waals surface area contributed by atoms with Crippen LogP contribution >= 0.6 is 0 Å². The monoisotopic (exact) mass is 462 g/mol. The van der Waals surface area contributed by atoms with Crippen LogP contribution in [-0.4, -0.2) is 31.7 Å². The number of rotatable bonds is 7. The average molecular weight is 463 g/mol. The standard InChI is InChI=1S/C27H30N2O3S/c1-21-10-8-9-15-25(21)26(23-13-6-3-7-14-23)28-27(30)24-16-18-29(19-17-24)33(31,32)20-22-11-4-2-5-12-22/h2-15,24,26H,16-20H2,1H3,(H,28,30)/t26-/m0/s1. The molecule has 1 aliphatic heterocycles. The molecule has 0 saturated carbocycles. The molecule has 1 heterocycles. The first-order chi connectivity index (χ1) is 15.9. The van der Waals surface area contributed by atoms with E-state index in [0.29, 0.717) is 25.9 Å². The zero-order valence-corrected chi connectivity index (χ0v) is 19.7. The Morgan fingerprint density at radius 3 is 2.12 bits per heavy atom. The van der Waals surface area contributed by atoms with Crippen LogP contribution in [0.1, 0.15) is 41.1 Å². The first-order valence-electron chi connectivity index (χ1n) is 11.4. The van der Waals surface area contributed by atoms with Gasteiger partial charge in [-0.2, -0.15) is 0 Å². The number of aryl methyl sites for hydroxylation is 1. The van der Waals surface area contributed by atoms with Crippen molar-refractivity contribution >= 4 is 15.9 Å². The second kappa shape index (κ2) is 10.3. The van der Waals surface area contributed by atoms with E-state index in [0.717, 1.165) is 22.3 Å². The van der Waals surface area contributed by atoms with Gasteiger partial charge in [-0.05, 0) is 42.0 Å². The van der Waals surface area contributed by atoms with Gasteiger partial charge in [0.05, 0.1) is 11.8 Å². The highest BCUT2D eigenvalue weighted by Gasteiger charge is 2.32.